The first-order chi connectivity index (χ1) is 7.75. The minimum absolute atomic E-state index is 0.148. The van der Waals surface area contributed by atoms with Crippen molar-refractivity contribution in [2.75, 3.05) is 6.54 Å². The SMILES string of the molecule is CCCCCCCC(=O)C1(CC)CCCN1. The lowest BCUT2D eigenvalue weighted by atomic mass is 9.86. The number of carbonyl (C=O) groups is 1. The van der Waals surface area contributed by atoms with Crippen molar-refractivity contribution in [3.05, 3.63) is 0 Å². The van der Waals surface area contributed by atoms with Gasteiger partial charge >= 0.3 is 0 Å². The molecule has 1 N–H and O–H groups in total. The van der Waals surface area contributed by atoms with Gasteiger partial charge in [0.15, 0.2) is 5.78 Å². The molecular formula is C14H27NO. The number of ketones is 1. The highest BCUT2D eigenvalue weighted by molar-refractivity contribution is 5.88. The van der Waals surface area contributed by atoms with Crippen molar-refractivity contribution in [3.8, 4) is 0 Å². The highest BCUT2D eigenvalue weighted by Gasteiger charge is 2.37. The normalized spacial score (nSPS) is 24.9. The number of unbranched alkanes of at least 4 members (excludes halogenated alkanes) is 4. The van der Waals surface area contributed by atoms with E-state index in [1.165, 1.54) is 25.7 Å². The second kappa shape index (κ2) is 7.05. The molecule has 0 spiro atoms. The molecule has 0 aromatic rings. The monoisotopic (exact) mass is 225 g/mol. The largest absolute Gasteiger partial charge is 0.305 e. The van der Waals surface area contributed by atoms with E-state index in [0.717, 1.165) is 38.6 Å². The first kappa shape index (κ1) is 13.7. The number of rotatable bonds is 8. The molecule has 2 nitrogen and oxygen atoms in total. The van der Waals surface area contributed by atoms with Gasteiger partial charge in [-0.25, -0.2) is 0 Å². The van der Waals surface area contributed by atoms with Crippen LogP contribution in [0.3, 0.4) is 0 Å². The van der Waals surface area contributed by atoms with Gasteiger partial charge < -0.3 is 5.32 Å². The van der Waals surface area contributed by atoms with Gasteiger partial charge in [0.05, 0.1) is 5.54 Å². The lowest BCUT2D eigenvalue weighted by Gasteiger charge is -2.26. The van der Waals surface area contributed by atoms with Crippen LogP contribution in [-0.2, 0) is 4.79 Å². The maximum Gasteiger partial charge on any atom is 0.152 e. The van der Waals surface area contributed by atoms with E-state index in [-0.39, 0.29) is 5.54 Å². The topological polar surface area (TPSA) is 29.1 Å². The standard InChI is InChI=1S/C14H27NO/c1-3-5-6-7-8-10-13(16)14(4-2)11-9-12-15-14/h15H,3-12H2,1-2H3. The molecule has 1 aliphatic rings. The van der Waals surface area contributed by atoms with Gasteiger partial charge in [0.1, 0.15) is 0 Å². The van der Waals surface area contributed by atoms with Crippen LogP contribution in [0.15, 0.2) is 0 Å². The predicted molar refractivity (Wildman–Crippen MR) is 68.6 cm³/mol. The Morgan fingerprint density at radius 1 is 1.19 bits per heavy atom. The smallest absolute Gasteiger partial charge is 0.152 e. The third kappa shape index (κ3) is 3.58. The fraction of sp³-hybridized carbons (Fsp3) is 0.929. The van der Waals surface area contributed by atoms with Crippen LogP contribution in [0, 0.1) is 0 Å². The van der Waals surface area contributed by atoms with Gasteiger partial charge in [0, 0.05) is 6.42 Å². The number of hydrogen-bond acceptors (Lipinski definition) is 2. The van der Waals surface area contributed by atoms with Gasteiger partial charge in [-0.1, -0.05) is 39.5 Å². The van der Waals surface area contributed by atoms with E-state index in [1.807, 2.05) is 0 Å². The Kier molecular flexibility index (Phi) is 6.04. The van der Waals surface area contributed by atoms with Crippen LogP contribution < -0.4 is 5.32 Å². The number of Topliss-reactive ketones (excluding diaryl/α,β-unsaturated/α-hetero) is 1. The molecule has 0 aromatic carbocycles. The molecule has 2 heteroatoms. The van der Waals surface area contributed by atoms with E-state index >= 15 is 0 Å². The summed E-state index contributed by atoms with van der Waals surface area (Å²) in [6.45, 7) is 5.38. The Morgan fingerprint density at radius 2 is 1.94 bits per heavy atom. The van der Waals surface area contributed by atoms with Crippen LogP contribution >= 0.6 is 0 Å². The maximum absolute atomic E-state index is 12.2. The predicted octanol–water partition coefficient (Wildman–Crippen LogP) is 3.45. The maximum atomic E-state index is 12.2. The second-order valence-corrected chi connectivity index (χ2v) is 5.05. The van der Waals surface area contributed by atoms with Crippen molar-refractivity contribution >= 4 is 5.78 Å². The van der Waals surface area contributed by atoms with E-state index < -0.39 is 0 Å². The fourth-order valence-electron chi connectivity index (χ4n) is 2.67. The zero-order valence-electron chi connectivity index (χ0n) is 11.0. The van der Waals surface area contributed by atoms with Crippen molar-refractivity contribution in [2.45, 2.75) is 77.2 Å². The van der Waals surface area contributed by atoms with Gasteiger partial charge in [0.25, 0.3) is 0 Å². The van der Waals surface area contributed by atoms with Gasteiger partial charge in [-0.05, 0) is 32.2 Å². The van der Waals surface area contributed by atoms with Crippen LogP contribution in [0.2, 0.25) is 0 Å². The third-order valence-corrected chi connectivity index (χ3v) is 3.89. The molecule has 1 saturated heterocycles. The molecule has 1 heterocycles. The van der Waals surface area contributed by atoms with Crippen molar-refractivity contribution in [1.29, 1.82) is 0 Å². The summed E-state index contributed by atoms with van der Waals surface area (Å²) in [5.41, 5.74) is -0.148. The summed E-state index contributed by atoms with van der Waals surface area (Å²) in [5, 5.41) is 3.42. The summed E-state index contributed by atoms with van der Waals surface area (Å²) in [6, 6.07) is 0. The quantitative estimate of drug-likeness (QED) is 0.641. The molecule has 0 bridgehead atoms. The summed E-state index contributed by atoms with van der Waals surface area (Å²) < 4.78 is 0. The van der Waals surface area contributed by atoms with E-state index in [2.05, 4.69) is 19.2 Å². The van der Waals surface area contributed by atoms with E-state index in [0.29, 0.717) is 5.78 Å². The van der Waals surface area contributed by atoms with E-state index in [4.69, 9.17) is 0 Å². The van der Waals surface area contributed by atoms with Crippen LogP contribution in [0.5, 0.6) is 0 Å². The summed E-state index contributed by atoms with van der Waals surface area (Å²) in [7, 11) is 0. The first-order valence-corrected chi connectivity index (χ1v) is 7.03. The molecule has 0 aliphatic carbocycles. The average molecular weight is 225 g/mol. The van der Waals surface area contributed by atoms with Crippen LogP contribution in [0.1, 0.15) is 71.6 Å². The molecule has 1 fully saturated rings. The highest BCUT2D eigenvalue weighted by Crippen LogP contribution is 2.26. The Labute approximate surface area is 100 Å². The number of hydrogen-bond donors (Lipinski definition) is 1. The van der Waals surface area contributed by atoms with Crippen molar-refractivity contribution in [1.82, 2.24) is 5.32 Å². The summed E-state index contributed by atoms with van der Waals surface area (Å²) in [5.74, 6) is 0.462. The lowest BCUT2D eigenvalue weighted by Crippen LogP contribution is -2.46. The number of carbonyl (C=O) groups excluding carboxylic acids is 1. The molecule has 0 amide bonds. The number of nitrogens with one attached hydrogen (secondary N) is 1. The zero-order valence-corrected chi connectivity index (χ0v) is 11.0. The molecule has 0 saturated carbocycles. The summed E-state index contributed by atoms with van der Waals surface area (Å²) in [6.07, 6.45) is 10.1. The third-order valence-electron chi connectivity index (χ3n) is 3.89. The fourth-order valence-corrected chi connectivity index (χ4v) is 2.67. The van der Waals surface area contributed by atoms with E-state index in [1.54, 1.807) is 0 Å². The van der Waals surface area contributed by atoms with Crippen molar-refractivity contribution in [2.24, 2.45) is 0 Å². The Balaban J connectivity index is 2.22. The second-order valence-electron chi connectivity index (χ2n) is 5.05. The zero-order chi connectivity index (χ0) is 11.9. The van der Waals surface area contributed by atoms with Crippen molar-refractivity contribution < 1.29 is 4.79 Å². The minimum atomic E-state index is -0.148. The molecular weight excluding hydrogens is 198 g/mol. The molecule has 16 heavy (non-hydrogen) atoms. The molecule has 1 atom stereocenters. The highest BCUT2D eigenvalue weighted by atomic mass is 16.1. The van der Waals surface area contributed by atoms with Crippen molar-refractivity contribution in [3.63, 3.8) is 0 Å². The summed E-state index contributed by atoms with van der Waals surface area (Å²) in [4.78, 5) is 12.2. The molecule has 94 valence electrons. The first-order valence-electron chi connectivity index (χ1n) is 7.03. The average Bonchev–Trinajstić information content (AvgIpc) is 2.78. The van der Waals surface area contributed by atoms with E-state index in [9.17, 15) is 4.79 Å². The van der Waals surface area contributed by atoms with Gasteiger partial charge in [-0.15, -0.1) is 0 Å². The Morgan fingerprint density at radius 3 is 2.50 bits per heavy atom. The van der Waals surface area contributed by atoms with Crippen LogP contribution in [0.4, 0.5) is 0 Å². The van der Waals surface area contributed by atoms with Crippen LogP contribution in [-0.4, -0.2) is 17.9 Å². The summed E-state index contributed by atoms with van der Waals surface area (Å²) >= 11 is 0. The molecule has 1 unspecified atom stereocenters. The molecule has 0 radical (unpaired) electrons. The molecule has 0 aromatic heterocycles. The van der Waals surface area contributed by atoms with Gasteiger partial charge in [-0.2, -0.15) is 0 Å². The molecule has 1 rings (SSSR count). The molecule has 1 aliphatic heterocycles. The Hall–Kier alpha value is -0.370. The van der Waals surface area contributed by atoms with Gasteiger partial charge in [0.2, 0.25) is 0 Å². The lowest BCUT2D eigenvalue weighted by molar-refractivity contribution is -0.125. The van der Waals surface area contributed by atoms with Crippen LogP contribution in [0.25, 0.3) is 0 Å². The minimum Gasteiger partial charge on any atom is -0.305 e. The van der Waals surface area contributed by atoms with Gasteiger partial charge in [-0.3, -0.25) is 4.79 Å². The Bertz CT molecular complexity index is 207.